The number of rotatable bonds is 3. The summed E-state index contributed by atoms with van der Waals surface area (Å²) in [4.78, 5) is 0. The normalized spacial score (nSPS) is 15.4. The van der Waals surface area contributed by atoms with Crippen molar-refractivity contribution in [1.29, 1.82) is 0 Å². The molecule has 0 aliphatic heterocycles. The van der Waals surface area contributed by atoms with E-state index in [0.717, 1.165) is 9.13 Å². The highest BCUT2D eigenvalue weighted by Gasteiger charge is 2.17. The average Bonchev–Trinajstić information content (AvgIpc) is 2.16. The number of aliphatic hydroxyl groups excluding tert-OH is 2. The topological polar surface area (TPSA) is 40.5 Å². The first kappa shape index (κ1) is 10.9. The van der Waals surface area contributed by atoms with Crippen molar-refractivity contribution in [2.24, 2.45) is 0 Å². The fourth-order valence-electron chi connectivity index (χ4n) is 1.15. The minimum atomic E-state index is -0.766. The van der Waals surface area contributed by atoms with E-state index in [-0.39, 0.29) is 0 Å². The largest absolute Gasteiger partial charge is 0.390 e. The van der Waals surface area contributed by atoms with Crippen LogP contribution in [-0.2, 0) is 0 Å². The van der Waals surface area contributed by atoms with Gasteiger partial charge in [0.25, 0.3) is 0 Å². The monoisotopic (exact) mass is 292 g/mol. The molecule has 3 heteroatoms. The van der Waals surface area contributed by atoms with Crippen LogP contribution in [0.4, 0.5) is 0 Å². The number of hydrogen-bond acceptors (Lipinski definition) is 2. The Balaban J connectivity index is 2.88. The molecule has 2 N–H and O–H groups in total. The molecular formula is C10H13IO2. The molecular weight excluding hydrogens is 279 g/mol. The summed E-state index contributed by atoms with van der Waals surface area (Å²) in [5.41, 5.74) is 0.803. The molecule has 1 rings (SSSR count). The van der Waals surface area contributed by atoms with Gasteiger partial charge in [-0.1, -0.05) is 25.1 Å². The van der Waals surface area contributed by atoms with E-state index in [1.807, 2.05) is 31.2 Å². The Kier molecular flexibility index (Phi) is 4.15. The van der Waals surface area contributed by atoms with Gasteiger partial charge in [0.05, 0.1) is 6.10 Å². The molecule has 0 spiro atoms. The first-order valence-electron chi connectivity index (χ1n) is 4.27. The quantitative estimate of drug-likeness (QED) is 0.838. The number of hydrogen-bond donors (Lipinski definition) is 2. The molecule has 72 valence electrons. The summed E-state index contributed by atoms with van der Waals surface area (Å²) in [6.07, 6.45) is -0.874. The Morgan fingerprint density at radius 1 is 1.31 bits per heavy atom. The van der Waals surface area contributed by atoms with Crippen molar-refractivity contribution >= 4 is 22.6 Å². The van der Waals surface area contributed by atoms with Gasteiger partial charge in [-0.3, -0.25) is 0 Å². The molecule has 0 fully saturated rings. The number of aliphatic hydroxyl groups is 2. The minimum Gasteiger partial charge on any atom is -0.390 e. The Bertz CT molecular complexity index is 275. The molecule has 2 atom stereocenters. The molecule has 13 heavy (non-hydrogen) atoms. The van der Waals surface area contributed by atoms with E-state index >= 15 is 0 Å². The van der Waals surface area contributed by atoms with Crippen LogP contribution in [0.5, 0.6) is 0 Å². The molecule has 0 amide bonds. The van der Waals surface area contributed by atoms with Crippen molar-refractivity contribution < 1.29 is 10.2 Å². The maximum Gasteiger partial charge on any atom is 0.106 e. The summed E-state index contributed by atoms with van der Waals surface area (Å²) in [6.45, 7) is 1.85. The van der Waals surface area contributed by atoms with E-state index in [9.17, 15) is 10.2 Å². The van der Waals surface area contributed by atoms with Crippen LogP contribution in [0.25, 0.3) is 0 Å². The molecule has 0 aliphatic carbocycles. The zero-order valence-electron chi connectivity index (χ0n) is 7.44. The SMILES string of the molecule is CC[C@H](O)[C@@H](O)c1ccccc1I. The lowest BCUT2D eigenvalue weighted by Gasteiger charge is -2.17. The van der Waals surface area contributed by atoms with Gasteiger partial charge in [0.1, 0.15) is 6.10 Å². The smallest absolute Gasteiger partial charge is 0.106 e. The predicted octanol–water partition coefficient (Wildman–Crippen LogP) is 2.10. The van der Waals surface area contributed by atoms with Gasteiger partial charge in [-0.2, -0.15) is 0 Å². The Hall–Kier alpha value is -0.130. The molecule has 0 radical (unpaired) electrons. The summed E-state index contributed by atoms with van der Waals surface area (Å²) in [7, 11) is 0. The fourth-order valence-corrected chi connectivity index (χ4v) is 1.85. The first-order valence-corrected chi connectivity index (χ1v) is 5.35. The van der Waals surface area contributed by atoms with Gasteiger partial charge in [-0.15, -0.1) is 0 Å². The van der Waals surface area contributed by atoms with E-state index in [2.05, 4.69) is 22.6 Å². The highest BCUT2D eigenvalue weighted by Crippen LogP contribution is 2.23. The zero-order valence-corrected chi connectivity index (χ0v) is 9.60. The predicted molar refractivity (Wildman–Crippen MR) is 60.4 cm³/mol. The van der Waals surface area contributed by atoms with Crippen LogP contribution in [0.3, 0.4) is 0 Å². The third-order valence-corrected chi connectivity index (χ3v) is 2.99. The van der Waals surface area contributed by atoms with E-state index in [4.69, 9.17) is 0 Å². The van der Waals surface area contributed by atoms with E-state index < -0.39 is 12.2 Å². The van der Waals surface area contributed by atoms with Gasteiger partial charge in [-0.05, 0) is 40.6 Å². The molecule has 0 aromatic heterocycles. The van der Waals surface area contributed by atoms with Gasteiger partial charge in [0.15, 0.2) is 0 Å². The standard InChI is InChI=1S/C10H13IO2/c1-2-9(12)10(13)7-5-3-4-6-8(7)11/h3-6,9-10,12-13H,2H2,1H3/t9-,10-/m0/s1. The molecule has 1 aromatic rings. The van der Waals surface area contributed by atoms with Crippen LogP contribution in [0, 0.1) is 3.57 Å². The highest BCUT2D eigenvalue weighted by molar-refractivity contribution is 14.1. The summed E-state index contributed by atoms with van der Waals surface area (Å²) >= 11 is 2.15. The Morgan fingerprint density at radius 2 is 1.92 bits per heavy atom. The lowest BCUT2D eigenvalue weighted by molar-refractivity contribution is 0.0160. The van der Waals surface area contributed by atoms with Crippen molar-refractivity contribution in [2.45, 2.75) is 25.6 Å². The third-order valence-electron chi connectivity index (χ3n) is 2.01. The minimum absolute atomic E-state index is 0.562. The first-order chi connectivity index (χ1) is 6.16. The van der Waals surface area contributed by atoms with Crippen molar-refractivity contribution in [3.8, 4) is 0 Å². The molecule has 0 saturated heterocycles. The van der Waals surface area contributed by atoms with Crippen molar-refractivity contribution in [2.75, 3.05) is 0 Å². The van der Waals surface area contributed by atoms with Crippen molar-refractivity contribution in [3.63, 3.8) is 0 Å². The van der Waals surface area contributed by atoms with Crippen LogP contribution in [-0.4, -0.2) is 16.3 Å². The fraction of sp³-hybridized carbons (Fsp3) is 0.400. The van der Waals surface area contributed by atoms with Crippen LogP contribution in [0.1, 0.15) is 25.0 Å². The molecule has 0 heterocycles. The van der Waals surface area contributed by atoms with E-state index in [0.29, 0.717) is 6.42 Å². The second-order valence-corrected chi connectivity index (χ2v) is 4.10. The van der Waals surface area contributed by atoms with Crippen molar-refractivity contribution in [3.05, 3.63) is 33.4 Å². The van der Waals surface area contributed by atoms with Crippen LogP contribution >= 0.6 is 22.6 Å². The third kappa shape index (κ3) is 2.65. The van der Waals surface area contributed by atoms with E-state index in [1.54, 1.807) is 0 Å². The molecule has 0 unspecified atom stereocenters. The van der Waals surface area contributed by atoms with Gasteiger partial charge < -0.3 is 10.2 Å². The second kappa shape index (κ2) is 4.93. The lowest BCUT2D eigenvalue weighted by atomic mass is 10.0. The van der Waals surface area contributed by atoms with Crippen LogP contribution < -0.4 is 0 Å². The Labute approximate surface area is 91.7 Å². The summed E-state index contributed by atoms with van der Waals surface area (Å²) in [6, 6.07) is 7.53. The van der Waals surface area contributed by atoms with Gasteiger partial charge in [-0.25, -0.2) is 0 Å². The average molecular weight is 292 g/mol. The number of benzene rings is 1. The molecule has 0 bridgehead atoms. The summed E-state index contributed by atoms with van der Waals surface area (Å²) < 4.78 is 0.986. The zero-order chi connectivity index (χ0) is 9.84. The molecule has 1 aromatic carbocycles. The van der Waals surface area contributed by atoms with Gasteiger partial charge >= 0.3 is 0 Å². The summed E-state index contributed by atoms with van der Waals surface area (Å²) in [5.74, 6) is 0. The van der Waals surface area contributed by atoms with Gasteiger partial charge in [0.2, 0.25) is 0 Å². The van der Waals surface area contributed by atoms with Gasteiger partial charge in [0, 0.05) is 3.57 Å². The number of halogens is 1. The van der Waals surface area contributed by atoms with E-state index in [1.165, 1.54) is 0 Å². The molecule has 2 nitrogen and oxygen atoms in total. The van der Waals surface area contributed by atoms with Crippen molar-refractivity contribution in [1.82, 2.24) is 0 Å². The maximum absolute atomic E-state index is 9.72. The Morgan fingerprint density at radius 3 is 2.46 bits per heavy atom. The maximum atomic E-state index is 9.72. The second-order valence-electron chi connectivity index (χ2n) is 2.94. The summed E-state index contributed by atoms with van der Waals surface area (Å²) in [5, 5.41) is 19.2. The molecule has 0 aliphatic rings. The molecule has 0 saturated carbocycles. The highest BCUT2D eigenvalue weighted by atomic mass is 127. The lowest BCUT2D eigenvalue weighted by Crippen LogP contribution is -2.17. The van der Waals surface area contributed by atoms with Crippen LogP contribution in [0.15, 0.2) is 24.3 Å². The van der Waals surface area contributed by atoms with Crippen LogP contribution in [0.2, 0.25) is 0 Å².